The Hall–Kier alpha value is -1.20. The minimum absolute atomic E-state index is 0.0403. The first kappa shape index (κ1) is 13.2. The van der Waals surface area contributed by atoms with Gasteiger partial charge < -0.3 is 4.18 Å². The summed E-state index contributed by atoms with van der Waals surface area (Å²) in [4.78, 5) is 0. The molecule has 0 saturated carbocycles. The molecular weight excluding hydrogens is 302 g/mol. The van der Waals surface area contributed by atoms with Gasteiger partial charge in [-0.3, -0.25) is 4.55 Å². The fourth-order valence-corrected chi connectivity index (χ4v) is 3.50. The number of thiophene rings is 1. The summed E-state index contributed by atoms with van der Waals surface area (Å²) in [5.41, 5.74) is 0. The van der Waals surface area contributed by atoms with E-state index < -0.39 is 20.4 Å². The summed E-state index contributed by atoms with van der Waals surface area (Å²) >= 11 is 0.875. The Morgan fingerprint density at radius 3 is 2.39 bits per heavy atom. The summed E-state index contributed by atoms with van der Waals surface area (Å²) in [6.07, 6.45) is 0. The zero-order chi connectivity index (χ0) is 13.6. The normalized spacial score (nSPS) is 12.8. The second-order valence-electron chi connectivity index (χ2n) is 3.32. The van der Waals surface area contributed by atoms with Crippen LogP contribution in [0.2, 0.25) is 0 Å². The summed E-state index contributed by atoms with van der Waals surface area (Å²) in [7, 11) is -8.41. The minimum atomic E-state index is -4.61. The van der Waals surface area contributed by atoms with Gasteiger partial charge in [0.1, 0.15) is 9.96 Å². The van der Waals surface area contributed by atoms with Crippen LogP contribution in [0, 0.1) is 0 Å². The van der Waals surface area contributed by atoms with Gasteiger partial charge in [0, 0.05) is 4.70 Å². The lowest BCUT2D eigenvalue weighted by Gasteiger charge is -2.00. The van der Waals surface area contributed by atoms with E-state index in [0.29, 0.717) is 10.1 Å². The third-order valence-electron chi connectivity index (χ3n) is 1.95. The van der Waals surface area contributed by atoms with Gasteiger partial charge in [0.05, 0.1) is 0 Å². The summed E-state index contributed by atoms with van der Waals surface area (Å²) in [6.45, 7) is 0. The maximum absolute atomic E-state index is 11.1. The molecule has 0 amide bonds. The predicted molar refractivity (Wildman–Crippen MR) is 65.4 cm³/mol. The smallest absolute Gasteiger partial charge is 0.362 e. The Morgan fingerprint density at radius 1 is 1.17 bits per heavy atom. The van der Waals surface area contributed by atoms with Crippen LogP contribution in [0.4, 0.5) is 0 Å². The lowest BCUT2D eigenvalue weighted by atomic mass is 10.2. The summed E-state index contributed by atoms with van der Waals surface area (Å²) in [6, 6.07) is 5.41. The number of hydrogen-bond acceptors (Lipinski definition) is 6. The van der Waals surface area contributed by atoms with Crippen molar-refractivity contribution in [1.29, 1.82) is 0 Å². The number of rotatable bonds is 3. The van der Waals surface area contributed by atoms with Gasteiger partial charge in [0.25, 0.3) is 0 Å². The van der Waals surface area contributed by atoms with E-state index in [1.54, 1.807) is 0 Å². The highest BCUT2D eigenvalue weighted by molar-refractivity contribution is 7.91. The fourth-order valence-electron chi connectivity index (χ4n) is 1.30. The molecule has 18 heavy (non-hydrogen) atoms. The minimum Gasteiger partial charge on any atom is -0.362 e. The molecule has 0 radical (unpaired) electrons. The van der Waals surface area contributed by atoms with E-state index in [0.717, 1.165) is 11.3 Å². The molecular formula is C8H7NO6S3. The van der Waals surface area contributed by atoms with Crippen molar-refractivity contribution in [3.63, 3.8) is 0 Å². The quantitative estimate of drug-likeness (QED) is 0.805. The third-order valence-corrected chi connectivity index (χ3v) is 4.87. The number of sulfonamides is 1. The van der Waals surface area contributed by atoms with Crippen LogP contribution in [0.5, 0.6) is 5.75 Å². The Bertz CT molecular complexity index is 804. The molecule has 1 aromatic heterocycles. The van der Waals surface area contributed by atoms with Crippen LogP contribution >= 0.6 is 11.3 Å². The topological polar surface area (TPSA) is 124 Å². The maximum Gasteiger partial charge on any atom is 0.446 e. The molecule has 0 atom stereocenters. The van der Waals surface area contributed by atoms with E-state index in [4.69, 9.17) is 9.69 Å². The largest absolute Gasteiger partial charge is 0.446 e. The van der Waals surface area contributed by atoms with Crippen LogP contribution < -0.4 is 9.32 Å². The van der Waals surface area contributed by atoms with Crippen molar-refractivity contribution >= 4 is 41.8 Å². The average molecular weight is 309 g/mol. The lowest BCUT2D eigenvalue weighted by Crippen LogP contribution is -2.09. The Labute approximate surface area is 107 Å². The van der Waals surface area contributed by atoms with Crippen molar-refractivity contribution in [2.45, 2.75) is 4.21 Å². The molecule has 2 rings (SSSR count). The van der Waals surface area contributed by atoms with Crippen LogP contribution in [0.15, 0.2) is 28.5 Å². The molecule has 10 heteroatoms. The van der Waals surface area contributed by atoms with Crippen molar-refractivity contribution < 1.29 is 25.6 Å². The molecule has 98 valence electrons. The van der Waals surface area contributed by atoms with Gasteiger partial charge in [-0.2, -0.15) is 8.42 Å². The van der Waals surface area contributed by atoms with Crippen LogP contribution in [0.3, 0.4) is 0 Å². The molecule has 0 aliphatic heterocycles. The highest BCUT2D eigenvalue weighted by atomic mass is 32.3. The second-order valence-corrected chi connectivity index (χ2v) is 7.22. The van der Waals surface area contributed by atoms with E-state index >= 15 is 0 Å². The monoisotopic (exact) mass is 309 g/mol. The molecule has 3 N–H and O–H groups in total. The molecule has 0 saturated heterocycles. The Balaban J connectivity index is 2.53. The first-order valence-corrected chi connectivity index (χ1v) is 8.11. The van der Waals surface area contributed by atoms with Gasteiger partial charge >= 0.3 is 10.4 Å². The van der Waals surface area contributed by atoms with Crippen LogP contribution in [-0.4, -0.2) is 21.4 Å². The van der Waals surface area contributed by atoms with Crippen LogP contribution in [0.1, 0.15) is 0 Å². The molecule has 0 unspecified atom stereocenters. The number of benzene rings is 1. The van der Waals surface area contributed by atoms with Crippen LogP contribution in [0.25, 0.3) is 10.1 Å². The Kier molecular flexibility index (Phi) is 3.07. The maximum atomic E-state index is 11.1. The van der Waals surface area contributed by atoms with E-state index in [2.05, 4.69) is 4.18 Å². The molecule has 2 aromatic rings. The van der Waals surface area contributed by atoms with Crippen molar-refractivity contribution in [3.05, 3.63) is 24.3 Å². The molecule has 0 spiro atoms. The summed E-state index contributed by atoms with van der Waals surface area (Å²) in [5, 5.41) is 5.55. The van der Waals surface area contributed by atoms with Gasteiger partial charge in [0.2, 0.25) is 10.0 Å². The van der Waals surface area contributed by atoms with Crippen molar-refractivity contribution in [2.24, 2.45) is 5.14 Å². The Morgan fingerprint density at radius 2 is 1.83 bits per heavy atom. The van der Waals surface area contributed by atoms with Crippen molar-refractivity contribution in [1.82, 2.24) is 0 Å². The lowest BCUT2D eigenvalue weighted by molar-refractivity contribution is 0.387. The van der Waals surface area contributed by atoms with Crippen LogP contribution in [-0.2, 0) is 20.4 Å². The van der Waals surface area contributed by atoms with Gasteiger partial charge in [-0.05, 0) is 29.7 Å². The first-order chi connectivity index (χ1) is 8.15. The molecule has 1 heterocycles. The predicted octanol–water partition coefficient (Wildman–Crippen LogP) is 0.730. The first-order valence-electron chi connectivity index (χ1n) is 4.38. The fraction of sp³-hybridized carbons (Fsp3) is 0. The number of nitrogens with two attached hydrogens (primary N) is 1. The van der Waals surface area contributed by atoms with Gasteiger partial charge in [-0.1, -0.05) is 0 Å². The van der Waals surface area contributed by atoms with Gasteiger partial charge in [0.15, 0.2) is 0 Å². The molecule has 0 aliphatic rings. The summed E-state index contributed by atoms with van der Waals surface area (Å²) in [5.74, 6) is -0.118. The molecule has 0 fully saturated rings. The zero-order valence-electron chi connectivity index (χ0n) is 8.60. The SMILES string of the molecule is NS(=O)(=O)c1cc2ccc(OS(=O)(=O)O)cc2s1. The van der Waals surface area contributed by atoms with E-state index in [1.807, 2.05) is 0 Å². The van der Waals surface area contributed by atoms with E-state index in [1.165, 1.54) is 24.3 Å². The molecule has 1 aromatic carbocycles. The van der Waals surface area contributed by atoms with E-state index in [-0.39, 0.29) is 9.96 Å². The highest BCUT2D eigenvalue weighted by Crippen LogP contribution is 2.31. The molecule has 0 bridgehead atoms. The highest BCUT2D eigenvalue weighted by Gasteiger charge is 2.14. The second kappa shape index (κ2) is 4.17. The zero-order valence-corrected chi connectivity index (χ0v) is 11.0. The summed E-state index contributed by atoms with van der Waals surface area (Å²) < 4.78 is 56.5. The number of hydrogen-bond donors (Lipinski definition) is 2. The van der Waals surface area contributed by atoms with Crippen molar-refractivity contribution in [3.8, 4) is 5.75 Å². The molecule has 0 aliphatic carbocycles. The molecule has 7 nitrogen and oxygen atoms in total. The number of primary sulfonamides is 1. The van der Waals surface area contributed by atoms with Gasteiger partial charge in [-0.15, -0.1) is 11.3 Å². The van der Waals surface area contributed by atoms with E-state index in [9.17, 15) is 16.8 Å². The number of fused-ring (bicyclic) bond motifs is 1. The van der Waals surface area contributed by atoms with Gasteiger partial charge in [-0.25, -0.2) is 13.6 Å². The third kappa shape index (κ3) is 2.97. The van der Waals surface area contributed by atoms with Crippen molar-refractivity contribution in [2.75, 3.05) is 0 Å². The standard InChI is InChI=1S/C8H7NO6S3/c9-17(10,11)8-3-5-1-2-6(4-7(5)16-8)15-18(12,13)14/h1-4H,(H2,9,10,11)(H,12,13,14). The average Bonchev–Trinajstić information content (AvgIpc) is 2.57.